The largest absolute Gasteiger partial charge is 0.444 e. The minimum absolute atomic E-state index is 0.144. The number of piperidine rings is 1. The van der Waals surface area contributed by atoms with Gasteiger partial charge in [-0.25, -0.2) is 4.79 Å². The monoisotopic (exact) mass is 356 g/mol. The lowest BCUT2D eigenvalue weighted by atomic mass is 9.60. The molecule has 0 aromatic carbocycles. The summed E-state index contributed by atoms with van der Waals surface area (Å²) in [5.74, 6) is 0. The fourth-order valence-electron chi connectivity index (χ4n) is 4.91. The molecule has 25 heavy (non-hydrogen) atoms. The zero-order valence-electron chi connectivity index (χ0n) is 16.9. The molecule has 1 unspecified atom stereocenters. The predicted molar refractivity (Wildman–Crippen MR) is 97.4 cm³/mol. The van der Waals surface area contributed by atoms with Crippen LogP contribution in [0.5, 0.6) is 0 Å². The molecule has 2 saturated heterocycles. The van der Waals surface area contributed by atoms with Gasteiger partial charge >= 0.3 is 6.09 Å². The summed E-state index contributed by atoms with van der Waals surface area (Å²) in [5.41, 5.74) is -2.83. The van der Waals surface area contributed by atoms with E-state index in [-0.39, 0.29) is 23.8 Å². The van der Waals surface area contributed by atoms with Crippen LogP contribution < -0.4 is 5.32 Å². The third-order valence-corrected chi connectivity index (χ3v) is 5.44. The highest BCUT2D eigenvalue weighted by molar-refractivity contribution is 5.68. The van der Waals surface area contributed by atoms with E-state index in [1.165, 1.54) is 0 Å². The second-order valence-corrected chi connectivity index (χ2v) is 10.4. The highest BCUT2D eigenvalue weighted by Crippen LogP contribution is 2.50. The molecule has 2 aliphatic heterocycles. The first kappa shape index (κ1) is 20.5. The molecule has 146 valence electrons. The van der Waals surface area contributed by atoms with Gasteiger partial charge in [-0.15, -0.1) is 0 Å². The Morgan fingerprint density at radius 1 is 1.16 bits per heavy atom. The van der Waals surface area contributed by atoms with E-state index in [2.05, 4.69) is 33.0 Å². The lowest BCUT2D eigenvalue weighted by Crippen LogP contribution is -2.69. The molecule has 2 aliphatic rings. The predicted octanol–water partition coefficient (Wildman–Crippen LogP) is 2.28. The molecule has 3 N–H and O–H groups in total. The van der Waals surface area contributed by atoms with E-state index in [0.717, 1.165) is 0 Å². The maximum absolute atomic E-state index is 12.4. The lowest BCUT2D eigenvalue weighted by Gasteiger charge is -2.56. The molecule has 6 heteroatoms. The Morgan fingerprint density at radius 2 is 1.68 bits per heavy atom. The molecule has 0 aromatic heterocycles. The Bertz CT molecular complexity index is 508. The van der Waals surface area contributed by atoms with Crippen molar-refractivity contribution in [3.05, 3.63) is 0 Å². The van der Waals surface area contributed by atoms with E-state index < -0.39 is 16.6 Å². The Hall–Kier alpha value is -0.850. The van der Waals surface area contributed by atoms with E-state index >= 15 is 0 Å². The van der Waals surface area contributed by atoms with Gasteiger partial charge in [0.05, 0.1) is 12.2 Å². The van der Waals surface area contributed by atoms with Crippen LogP contribution in [0.3, 0.4) is 0 Å². The lowest BCUT2D eigenvalue weighted by molar-refractivity contribution is -0.155. The maximum atomic E-state index is 12.4. The highest BCUT2D eigenvalue weighted by Gasteiger charge is 2.60. The van der Waals surface area contributed by atoms with E-state index in [1.54, 1.807) is 4.90 Å². The van der Waals surface area contributed by atoms with Crippen LogP contribution in [0.15, 0.2) is 0 Å². The number of ether oxygens (including phenoxy) is 1. The number of hydrogen-bond acceptors (Lipinski definition) is 5. The summed E-state index contributed by atoms with van der Waals surface area (Å²) in [5, 5.41) is 25.5. The molecule has 2 heterocycles. The maximum Gasteiger partial charge on any atom is 0.410 e. The number of rotatable bonds is 2. The number of nitrogens with one attached hydrogen (secondary N) is 1. The number of carbonyl (C=O) groups is 1. The van der Waals surface area contributed by atoms with Crippen LogP contribution in [-0.4, -0.2) is 63.2 Å². The molecule has 2 rings (SSSR count). The van der Waals surface area contributed by atoms with Crippen molar-refractivity contribution in [2.24, 2.45) is 5.41 Å². The van der Waals surface area contributed by atoms with Crippen LogP contribution in [0.25, 0.3) is 0 Å². The van der Waals surface area contributed by atoms with Crippen molar-refractivity contribution in [1.82, 2.24) is 10.2 Å². The van der Waals surface area contributed by atoms with Gasteiger partial charge in [-0.05, 0) is 67.7 Å². The van der Waals surface area contributed by atoms with Gasteiger partial charge in [-0.3, -0.25) is 0 Å². The highest BCUT2D eigenvalue weighted by atomic mass is 16.6. The van der Waals surface area contributed by atoms with Crippen molar-refractivity contribution in [2.75, 3.05) is 19.7 Å². The third kappa shape index (κ3) is 4.29. The van der Waals surface area contributed by atoms with E-state index in [9.17, 15) is 15.0 Å². The summed E-state index contributed by atoms with van der Waals surface area (Å²) in [4.78, 5) is 14.1. The first-order valence-corrected chi connectivity index (χ1v) is 9.23. The second-order valence-electron chi connectivity index (χ2n) is 10.4. The first-order valence-electron chi connectivity index (χ1n) is 9.23. The van der Waals surface area contributed by atoms with Gasteiger partial charge in [0.25, 0.3) is 0 Å². The van der Waals surface area contributed by atoms with E-state index in [4.69, 9.17) is 4.74 Å². The van der Waals surface area contributed by atoms with Gasteiger partial charge in [-0.1, -0.05) is 0 Å². The summed E-state index contributed by atoms with van der Waals surface area (Å²) < 4.78 is 5.47. The Labute approximate surface area is 151 Å². The fraction of sp³-hybridized carbons (Fsp3) is 0.947. The van der Waals surface area contributed by atoms with Gasteiger partial charge in [0, 0.05) is 29.6 Å². The van der Waals surface area contributed by atoms with Crippen molar-refractivity contribution < 1.29 is 19.7 Å². The molecule has 1 atom stereocenters. The fourth-order valence-corrected chi connectivity index (χ4v) is 4.91. The number of nitrogens with zero attached hydrogens (tertiary/aromatic N) is 1. The minimum atomic E-state index is -1.04. The van der Waals surface area contributed by atoms with Crippen molar-refractivity contribution in [2.45, 2.75) is 90.0 Å². The molecule has 0 radical (unpaired) electrons. The Morgan fingerprint density at radius 3 is 2.12 bits per heavy atom. The summed E-state index contributed by atoms with van der Waals surface area (Å²) in [6.45, 7) is 14.5. The summed E-state index contributed by atoms with van der Waals surface area (Å²) in [7, 11) is 0. The number of likely N-dealkylation sites (tertiary alicyclic amines) is 1. The Kier molecular flexibility index (Phi) is 4.99. The standard InChI is InChI=1S/C19H36N2O4/c1-15(2,3)25-14(23)21-9-8-18(12-21,13-22)19(24)10-16(4,5)20-17(6,7)11-19/h20,22,24H,8-13H2,1-7H3. The third-order valence-electron chi connectivity index (χ3n) is 5.44. The number of hydrogen-bond donors (Lipinski definition) is 3. The molecule has 0 aromatic rings. The summed E-state index contributed by atoms with van der Waals surface area (Å²) in [6.07, 6.45) is 1.27. The minimum Gasteiger partial charge on any atom is -0.444 e. The topological polar surface area (TPSA) is 82.0 Å². The van der Waals surface area contributed by atoms with Gasteiger partial charge in [-0.2, -0.15) is 0 Å². The molecule has 0 bridgehead atoms. The summed E-state index contributed by atoms with van der Waals surface area (Å²) >= 11 is 0. The number of aliphatic hydroxyl groups is 2. The zero-order valence-corrected chi connectivity index (χ0v) is 16.9. The van der Waals surface area contributed by atoms with Crippen molar-refractivity contribution in [3.8, 4) is 0 Å². The molecule has 0 saturated carbocycles. The van der Waals surface area contributed by atoms with Crippen LogP contribution in [0.1, 0.15) is 67.7 Å². The van der Waals surface area contributed by atoms with Crippen LogP contribution >= 0.6 is 0 Å². The zero-order chi connectivity index (χ0) is 19.3. The average molecular weight is 357 g/mol. The van der Waals surface area contributed by atoms with Gasteiger partial charge in [0.2, 0.25) is 0 Å². The molecule has 2 fully saturated rings. The van der Waals surface area contributed by atoms with E-state index in [0.29, 0.717) is 32.4 Å². The molecule has 0 aliphatic carbocycles. The van der Waals surface area contributed by atoms with Crippen LogP contribution in [0.2, 0.25) is 0 Å². The first-order chi connectivity index (χ1) is 11.1. The van der Waals surface area contributed by atoms with Gasteiger partial charge in [0.1, 0.15) is 5.60 Å². The Balaban J connectivity index is 2.25. The van der Waals surface area contributed by atoms with Gasteiger partial charge in [0.15, 0.2) is 0 Å². The van der Waals surface area contributed by atoms with Crippen LogP contribution in [-0.2, 0) is 4.74 Å². The van der Waals surface area contributed by atoms with Gasteiger partial charge < -0.3 is 25.2 Å². The smallest absolute Gasteiger partial charge is 0.410 e. The van der Waals surface area contributed by atoms with Crippen molar-refractivity contribution in [3.63, 3.8) is 0 Å². The van der Waals surface area contributed by atoms with Crippen molar-refractivity contribution in [1.29, 1.82) is 0 Å². The van der Waals surface area contributed by atoms with E-state index in [1.807, 2.05) is 20.8 Å². The summed E-state index contributed by atoms with van der Waals surface area (Å²) in [6, 6.07) is 0. The van der Waals surface area contributed by atoms with Crippen LogP contribution in [0.4, 0.5) is 4.79 Å². The van der Waals surface area contributed by atoms with Crippen LogP contribution in [0, 0.1) is 5.41 Å². The van der Waals surface area contributed by atoms with Crippen molar-refractivity contribution >= 4 is 6.09 Å². The quantitative estimate of drug-likeness (QED) is 0.707. The number of aliphatic hydroxyl groups excluding tert-OH is 1. The SMILES string of the molecule is CC1(C)CC(O)(C2(CO)CCN(C(=O)OC(C)(C)C)C2)CC(C)(C)N1. The normalized spacial score (nSPS) is 31.0. The molecular weight excluding hydrogens is 320 g/mol. The second kappa shape index (κ2) is 6.10. The molecule has 6 nitrogen and oxygen atoms in total. The number of amides is 1. The molecule has 0 spiro atoms. The molecular formula is C19H36N2O4. The average Bonchev–Trinajstić information content (AvgIpc) is 2.78. The molecule has 1 amide bonds. The number of carbonyl (C=O) groups excluding carboxylic acids is 1.